The lowest BCUT2D eigenvalue weighted by molar-refractivity contribution is 1.29. The van der Waals surface area contributed by atoms with Crippen LogP contribution >= 0.6 is 50.1 Å². The zero-order chi connectivity index (χ0) is 12.7. The van der Waals surface area contributed by atoms with E-state index in [0.29, 0.717) is 10.7 Å². The van der Waals surface area contributed by atoms with Crippen molar-refractivity contribution in [1.29, 1.82) is 0 Å². The SMILES string of the molecule is Clc1ccc(I)c(-c2nc3ncc(Br)cc3[nH]2)c1. The van der Waals surface area contributed by atoms with E-state index in [2.05, 4.69) is 53.5 Å². The van der Waals surface area contributed by atoms with Gasteiger partial charge < -0.3 is 4.98 Å². The summed E-state index contributed by atoms with van der Waals surface area (Å²) in [6.45, 7) is 0. The first-order valence-electron chi connectivity index (χ1n) is 5.10. The molecule has 0 unspecified atom stereocenters. The Hall–Kier alpha value is -0.660. The van der Waals surface area contributed by atoms with Crippen LogP contribution in [0.2, 0.25) is 5.02 Å². The van der Waals surface area contributed by atoms with Crippen molar-refractivity contribution in [2.45, 2.75) is 0 Å². The number of pyridine rings is 1. The van der Waals surface area contributed by atoms with Crippen molar-refractivity contribution < 1.29 is 0 Å². The van der Waals surface area contributed by atoms with Crippen molar-refractivity contribution >= 4 is 61.3 Å². The van der Waals surface area contributed by atoms with Crippen LogP contribution in [0, 0.1) is 3.57 Å². The van der Waals surface area contributed by atoms with Crippen molar-refractivity contribution in [3.63, 3.8) is 0 Å². The monoisotopic (exact) mass is 433 g/mol. The summed E-state index contributed by atoms with van der Waals surface area (Å²) in [6, 6.07) is 7.69. The predicted molar refractivity (Wildman–Crippen MR) is 84.8 cm³/mol. The molecule has 2 heterocycles. The Morgan fingerprint density at radius 1 is 1.28 bits per heavy atom. The first-order valence-corrected chi connectivity index (χ1v) is 7.35. The number of nitrogens with one attached hydrogen (secondary N) is 1. The topological polar surface area (TPSA) is 41.6 Å². The number of aromatic nitrogens is 3. The number of hydrogen-bond donors (Lipinski definition) is 1. The summed E-state index contributed by atoms with van der Waals surface area (Å²) >= 11 is 11.7. The minimum atomic E-state index is 0.694. The molecule has 0 saturated heterocycles. The Kier molecular flexibility index (Phi) is 3.29. The predicted octanol–water partition coefficient (Wildman–Crippen LogP) is 4.65. The molecule has 6 heteroatoms. The summed E-state index contributed by atoms with van der Waals surface area (Å²) in [4.78, 5) is 12.0. The van der Waals surface area contributed by atoms with Crippen molar-refractivity contribution in [1.82, 2.24) is 15.0 Å². The van der Waals surface area contributed by atoms with Crippen LogP contribution in [0.15, 0.2) is 34.9 Å². The molecular weight excluding hydrogens is 428 g/mol. The second-order valence-electron chi connectivity index (χ2n) is 3.73. The number of rotatable bonds is 1. The Labute approximate surface area is 130 Å². The lowest BCUT2D eigenvalue weighted by atomic mass is 10.2. The molecular formula is C12H6BrClIN3. The van der Waals surface area contributed by atoms with Gasteiger partial charge in [0.25, 0.3) is 0 Å². The fourth-order valence-corrected chi connectivity index (χ4v) is 2.78. The third-order valence-corrected chi connectivity index (χ3v) is 4.10. The van der Waals surface area contributed by atoms with Gasteiger partial charge in [-0.2, -0.15) is 0 Å². The molecule has 3 nitrogen and oxygen atoms in total. The fourth-order valence-electron chi connectivity index (χ4n) is 1.68. The maximum absolute atomic E-state index is 6.02. The highest BCUT2D eigenvalue weighted by atomic mass is 127. The van der Waals surface area contributed by atoms with Gasteiger partial charge in [-0.3, -0.25) is 0 Å². The van der Waals surface area contributed by atoms with E-state index in [-0.39, 0.29) is 0 Å². The first-order chi connectivity index (χ1) is 8.63. The van der Waals surface area contributed by atoms with E-state index < -0.39 is 0 Å². The average Bonchev–Trinajstić information content (AvgIpc) is 2.74. The summed E-state index contributed by atoms with van der Waals surface area (Å²) in [6.07, 6.45) is 1.73. The van der Waals surface area contributed by atoms with Crippen LogP contribution in [0.5, 0.6) is 0 Å². The summed E-state index contributed by atoms with van der Waals surface area (Å²) in [7, 11) is 0. The molecule has 2 aromatic heterocycles. The molecule has 0 radical (unpaired) electrons. The molecule has 90 valence electrons. The van der Waals surface area contributed by atoms with Crippen LogP contribution in [-0.4, -0.2) is 15.0 Å². The molecule has 0 fully saturated rings. The van der Waals surface area contributed by atoms with Gasteiger partial charge in [0.15, 0.2) is 5.65 Å². The second-order valence-corrected chi connectivity index (χ2v) is 6.25. The molecule has 0 atom stereocenters. The van der Waals surface area contributed by atoms with E-state index in [1.54, 1.807) is 6.20 Å². The molecule has 3 aromatic rings. The highest BCUT2D eigenvalue weighted by Crippen LogP contribution is 2.28. The Morgan fingerprint density at radius 2 is 2.11 bits per heavy atom. The first kappa shape index (κ1) is 12.4. The minimum absolute atomic E-state index is 0.694. The molecule has 0 spiro atoms. The van der Waals surface area contributed by atoms with Gasteiger partial charge in [-0.05, 0) is 62.8 Å². The minimum Gasteiger partial charge on any atom is -0.337 e. The standard InChI is InChI=1S/C12H6BrClIN3/c13-6-3-10-12(16-5-6)18-11(17-10)8-4-7(14)1-2-9(8)15/h1-5H,(H,16,17,18). The van der Waals surface area contributed by atoms with E-state index >= 15 is 0 Å². The van der Waals surface area contributed by atoms with Gasteiger partial charge >= 0.3 is 0 Å². The van der Waals surface area contributed by atoms with E-state index in [1.165, 1.54) is 0 Å². The molecule has 0 aliphatic rings. The molecule has 1 N–H and O–H groups in total. The molecule has 1 aromatic carbocycles. The van der Waals surface area contributed by atoms with Gasteiger partial charge in [-0.25, -0.2) is 9.97 Å². The van der Waals surface area contributed by atoms with Crippen molar-refractivity contribution in [2.75, 3.05) is 0 Å². The summed E-state index contributed by atoms with van der Waals surface area (Å²) < 4.78 is 2.01. The van der Waals surface area contributed by atoms with E-state index in [4.69, 9.17) is 11.6 Å². The van der Waals surface area contributed by atoms with Crippen molar-refractivity contribution in [3.05, 3.63) is 43.5 Å². The highest BCUT2D eigenvalue weighted by molar-refractivity contribution is 14.1. The van der Waals surface area contributed by atoms with E-state index in [1.807, 2.05) is 24.3 Å². The number of imidazole rings is 1. The summed E-state index contributed by atoms with van der Waals surface area (Å²) in [5, 5.41) is 0.694. The van der Waals surface area contributed by atoms with Gasteiger partial charge in [-0.15, -0.1) is 0 Å². The number of halogens is 3. The zero-order valence-electron chi connectivity index (χ0n) is 8.92. The van der Waals surface area contributed by atoms with E-state index in [9.17, 15) is 0 Å². The van der Waals surface area contributed by atoms with Crippen LogP contribution < -0.4 is 0 Å². The summed E-state index contributed by atoms with van der Waals surface area (Å²) in [5.41, 5.74) is 2.58. The lowest BCUT2D eigenvalue weighted by Crippen LogP contribution is -1.85. The normalized spacial score (nSPS) is 11.1. The quantitative estimate of drug-likeness (QED) is 0.567. The van der Waals surface area contributed by atoms with Gasteiger partial charge in [0.2, 0.25) is 0 Å². The summed E-state index contributed by atoms with van der Waals surface area (Å²) in [5.74, 6) is 0.780. The van der Waals surface area contributed by atoms with E-state index in [0.717, 1.165) is 24.9 Å². The van der Waals surface area contributed by atoms with Crippen molar-refractivity contribution in [2.24, 2.45) is 0 Å². The van der Waals surface area contributed by atoms with Crippen LogP contribution in [0.3, 0.4) is 0 Å². The second kappa shape index (κ2) is 4.79. The molecule has 18 heavy (non-hydrogen) atoms. The number of aromatic amines is 1. The van der Waals surface area contributed by atoms with Gasteiger partial charge in [-0.1, -0.05) is 11.6 Å². The third-order valence-electron chi connectivity index (χ3n) is 2.49. The Bertz CT molecular complexity index is 741. The van der Waals surface area contributed by atoms with Crippen molar-refractivity contribution in [3.8, 4) is 11.4 Å². The van der Waals surface area contributed by atoms with Gasteiger partial charge in [0, 0.05) is 24.8 Å². The number of hydrogen-bond acceptors (Lipinski definition) is 2. The zero-order valence-corrected chi connectivity index (χ0v) is 13.4. The van der Waals surface area contributed by atoms with Crippen LogP contribution in [0.25, 0.3) is 22.6 Å². The number of H-pyrrole nitrogens is 1. The largest absolute Gasteiger partial charge is 0.337 e. The molecule has 0 aliphatic heterocycles. The van der Waals surface area contributed by atoms with Crippen LogP contribution in [0.4, 0.5) is 0 Å². The molecule has 0 saturated carbocycles. The lowest BCUT2D eigenvalue weighted by Gasteiger charge is -2.00. The van der Waals surface area contributed by atoms with Crippen LogP contribution in [0.1, 0.15) is 0 Å². The Morgan fingerprint density at radius 3 is 2.94 bits per heavy atom. The fraction of sp³-hybridized carbons (Fsp3) is 0. The molecule has 0 amide bonds. The Balaban J connectivity index is 2.22. The van der Waals surface area contributed by atoms with Gasteiger partial charge in [0.05, 0.1) is 5.52 Å². The maximum Gasteiger partial charge on any atom is 0.178 e. The van der Waals surface area contributed by atoms with Crippen LogP contribution in [-0.2, 0) is 0 Å². The molecule has 0 bridgehead atoms. The highest BCUT2D eigenvalue weighted by Gasteiger charge is 2.10. The maximum atomic E-state index is 6.02. The number of fused-ring (bicyclic) bond motifs is 1. The molecule has 0 aliphatic carbocycles. The third kappa shape index (κ3) is 2.26. The number of benzene rings is 1. The smallest absolute Gasteiger partial charge is 0.178 e. The number of nitrogens with zero attached hydrogens (tertiary/aromatic N) is 2. The molecule has 3 rings (SSSR count). The van der Waals surface area contributed by atoms with Gasteiger partial charge in [0.1, 0.15) is 5.82 Å². The average molecular weight is 434 g/mol.